The van der Waals surface area contributed by atoms with Crippen LogP contribution in [0.4, 0.5) is 5.95 Å². The summed E-state index contributed by atoms with van der Waals surface area (Å²) in [5.41, 5.74) is 0. The van der Waals surface area contributed by atoms with Crippen LogP contribution in [0, 0.1) is 0 Å². The topological polar surface area (TPSA) is 90.3 Å². The van der Waals surface area contributed by atoms with E-state index in [9.17, 15) is 4.79 Å². The van der Waals surface area contributed by atoms with Gasteiger partial charge in [-0.15, -0.1) is 0 Å². The van der Waals surface area contributed by atoms with E-state index in [0.29, 0.717) is 18.5 Å². The van der Waals surface area contributed by atoms with Gasteiger partial charge in [0.05, 0.1) is 12.7 Å². The van der Waals surface area contributed by atoms with Crippen molar-refractivity contribution >= 4 is 11.9 Å². The number of hydrogen-bond donors (Lipinski definition) is 2. The first kappa shape index (κ1) is 17.3. The minimum absolute atomic E-state index is 0.113. The zero-order valence-electron chi connectivity index (χ0n) is 14.5. The van der Waals surface area contributed by atoms with Gasteiger partial charge in [0.2, 0.25) is 5.95 Å². The first-order valence-corrected chi connectivity index (χ1v) is 8.79. The Kier molecular flexibility index (Phi) is 5.80. The minimum atomic E-state index is -0.548. The quantitative estimate of drug-likeness (QED) is 0.798. The average molecular weight is 337 g/mol. The lowest BCUT2D eigenvalue weighted by atomic mass is 9.98. The fourth-order valence-corrected chi connectivity index (χ4v) is 3.08. The lowest BCUT2D eigenvalue weighted by Crippen LogP contribution is -2.31. The summed E-state index contributed by atoms with van der Waals surface area (Å²) >= 11 is 0. The number of nitrogens with zero attached hydrogens (tertiary/aromatic N) is 3. The van der Waals surface area contributed by atoms with E-state index in [1.165, 1.54) is 0 Å². The molecule has 8 heteroatoms. The number of ether oxygens (including phenoxy) is 2. The Hall–Kier alpha value is -1.51. The van der Waals surface area contributed by atoms with Crippen molar-refractivity contribution in [3.05, 3.63) is 5.82 Å². The molecule has 0 bridgehead atoms. The van der Waals surface area contributed by atoms with Gasteiger partial charge in [-0.05, 0) is 45.7 Å². The highest BCUT2D eigenvalue weighted by molar-refractivity contribution is 5.92. The summed E-state index contributed by atoms with van der Waals surface area (Å²) < 4.78 is 12.7. The Morgan fingerprint density at radius 3 is 2.96 bits per heavy atom. The molecule has 1 amide bonds. The van der Waals surface area contributed by atoms with Crippen LogP contribution in [-0.4, -0.2) is 59.2 Å². The number of aromatic nitrogens is 3. The number of anilines is 1. The summed E-state index contributed by atoms with van der Waals surface area (Å²) in [4.78, 5) is 16.8. The van der Waals surface area contributed by atoms with E-state index >= 15 is 0 Å². The lowest BCUT2D eigenvalue weighted by molar-refractivity contribution is -0.128. The number of piperidine rings is 1. The van der Waals surface area contributed by atoms with Gasteiger partial charge in [0.1, 0.15) is 6.10 Å². The molecule has 0 aliphatic carbocycles. The summed E-state index contributed by atoms with van der Waals surface area (Å²) in [7, 11) is 1.80. The van der Waals surface area contributed by atoms with E-state index in [-0.39, 0.29) is 12.0 Å². The van der Waals surface area contributed by atoms with Gasteiger partial charge < -0.3 is 14.8 Å². The smallest absolute Gasteiger partial charge is 0.255 e. The fourth-order valence-electron chi connectivity index (χ4n) is 3.08. The van der Waals surface area contributed by atoms with Gasteiger partial charge in [-0.25, -0.2) is 4.68 Å². The molecule has 2 aliphatic rings. The monoisotopic (exact) mass is 337 g/mol. The van der Waals surface area contributed by atoms with Crippen molar-refractivity contribution in [3.8, 4) is 0 Å². The van der Waals surface area contributed by atoms with Crippen molar-refractivity contribution in [1.82, 2.24) is 20.1 Å². The van der Waals surface area contributed by atoms with Crippen LogP contribution in [-0.2, 0) is 21.3 Å². The van der Waals surface area contributed by atoms with Gasteiger partial charge >= 0.3 is 0 Å². The Morgan fingerprint density at radius 1 is 1.46 bits per heavy atom. The zero-order chi connectivity index (χ0) is 16.9. The van der Waals surface area contributed by atoms with Gasteiger partial charge in [-0.3, -0.25) is 10.1 Å². The molecular weight excluding hydrogens is 310 g/mol. The molecule has 0 radical (unpaired) electrons. The average Bonchev–Trinajstić information content (AvgIpc) is 3.24. The van der Waals surface area contributed by atoms with Crippen LogP contribution < -0.4 is 10.6 Å². The highest BCUT2D eigenvalue weighted by Gasteiger charge is 2.23. The zero-order valence-corrected chi connectivity index (χ0v) is 14.5. The molecule has 0 saturated carbocycles. The first-order valence-electron chi connectivity index (χ1n) is 8.79. The SMILES string of the molecule is CC(OCC1CCCO1)C(=O)Nc1nc(C2CCNCC2)nn1C. The Labute approximate surface area is 142 Å². The Morgan fingerprint density at radius 2 is 2.25 bits per heavy atom. The van der Waals surface area contributed by atoms with Gasteiger partial charge in [0.15, 0.2) is 5.82 Å². The number of amides is 1. The molecule has 8 nitrogen and oxygen atoms in total. The van der Waals surface area contributed by atoms with Crippen molar-refractivity contribution in [3.63, 3.8) is 0 Å². The maximum absolute atomic E-state index is 12.3. The molecule has 1 aromatic rings. The number of hydrogen-bond acceptors (Lipinski definition) is 6. The third-order valence-corrected chi connectivity index (χ3v) is 4.64. The third-order valence-electron chi connectivity index (χ3n) is 4.64. The van der Waals surface area contributed by atoms with Gasteiger partial charge in [-0.2, -0.15) is 10.1 Å². The molecule has 134 valence electrons. The number of aryl methyl sites for hydroxylation is 1. The highest BCUT2D eigenvalue weighted by Crippen LogP contribution is 2.23. The molecule has 2 saturated heterocycles. The van der Waals surface area contributed by atoms with Crippen LogP contribution in [0.3, 0.4) is 0 Å². The van der Waals surface area contributed by atoms with Crippen LogP contribution >= 0.6 is 0 Å². The van der Waals surface area contributed by atoms with E-state index in [1.807, 2.05) is 0 Å². The molecule has 2 atom stereocenters. The minimum Gasteiger partial charge on any atom is -0.376 e. The predicted molar refractivity (Wildman–Crippen MR) is 88.9 cm³/mol. The largest absolute Gasteiger partial charge is 0.376 e. The van der Waals surface area contributed by atoms with Crippen LogP contribution in [0.1, 0.15) is 44.3 Å². The van der Waals surface area contributed by atoms with E-state index in [2.05, 4.69) is 20.7 Å². The molecule has 3 heterocycles. The number of rotatable bonds is 6. The highest BCUT2D eigenvalue weighted by atomic mass is 16.5. The van der Waals surface area contributed by atoms with E-state index in [0.717, 1.165) is 51.2 Å². The second-order valence-electron chi connectivity index (χ2n) is 6.54. The molecule has 24 heavy (non-hydrogen) atoms. The summed E-state index contributed by atoms with van der Waals surface area (Å²) in [5.74, 6) is 1.43. The molecule has 2 unspecified atom stereocenters. The first-order chi connectivity index (χ1) is 11.6. The second-order valence-corrected chi connectivity index (χ2v) is 6.54. The third kappa shape index (κ3) is 4.31. The van der Waals surface area contributed by atoms with E-state index < -0.39 is 6.10 Å². The second kappa shape index (κ2) is 8.04. The summed E-state index contributed by atoms with van der Waals surface area (Å²) in [6.45, 7) is 4.95. The molecule has 1 aromatic heterocycles. The van der Waals surface area contributed by atoms with Crippen molar-refractivity contribution in [2.24, 2.45) is 7.05 Å². The van der Waals surface area contributed by atoms with Crippen LogP contribution in [0.25, 0.3) is 0 Å². The molecule has 0 aromatic carbocycles. The number of carbonyl (C=O) groups is 1. The Balaban J connectivity index is 1.52. The molecule has 0 spiro atoms. The summed E-state index contributed by atoms with van der Waals surface area (Å²) in [6, 6.07) is 0. The molecule has 2 fully saturated rings. The van der Waals surface area contributed by atoms with Crippen molar-refractivity contribution in [2.45, 2.75) is 50.7 Å². The van der Waals surface area contributed by atoms with Crippen molar-refractivity contribution in [2.75, 3.05) is 31.6 Å². The maximum atomic E-state index is 12.3. The lowest BCUT2D eigenvalue weighted by Gasteiger charge is -2.19. The Bertz CT molecular complexity index is 550. The number of nitrogens with one attached hydrogen (secondary N) is 2. The van der Waals surface area contributed by atoms with Gasteiger partial charge in [-0.1, -0.05) is 0 Å². The molecule has 2 N–H and O–H groups in total. The van der Waals surface area contributed by atoms with Crippen molar-refractivity contribution < 1.29 is 14.3 Å². The van der Waals surface area contributed by atoms with Crippen LogP contribution in [0.15, 0.2) is 0 Å². The van der Waals surface area contributed by atoms with Gasteiger partial charge in [0, 0.05) is 19.6 Å². The fraction of sp³-hybridized carbons (Fsp3) is 0.812. The molecular formula is C16H27N5O3. The predicted octanol–water partition coefficient (Wildman–Crippen LogP) is 0.805. The molecule has 2 aliphatic heterocycles. The molecule has 3 rings (SSSR count). The van der Waals surface area contributed by atoms with E-state index in [4.69, 9.17) is 9.47 Å². The van der Waals surface area contributed by atoms with Crippen molar-refractivity contribution in [1.29, 1.82) is 0 Å². The van der Waals surface area contributed by atoms with Crippen LogP contribution in [0.2, 0.25) is 0 Å². The number of carbonyl (C=O) groups excluding carboxylic acids is 1. The van der Waals surface area contributed by atoms with E-state index in [1.54, 1.807) is 18.7 Å². The normalized spacial score (nSPS) is 23.3. The summed E-state index contributed by atoms with van der Waals surface area (Å²) in [6.07, 6.45) is 3.68. The van der Waals surface area contributed by atoms with Crippen LogP contribution in [0.5, 0.6) is 0 Å². The summed E-state index contributed by atoms with van der Waals surface area (Å²) in [5, 5.41) is 10.6. The maximum Gasteiger partial charge on any atom is 0.255 e. The van der Waals surface area contributed by atoms with Gasteiger partial charge in [0.25, 0.3) is 5.91 Å². The standard InChI is InChI=1S/C16H27N5O3/c1-11(24-10-13-4-3-9-23-13)15(22)19-16-18-14(20-21(16)2)12-5-7-17-8-6-12/h11-13,17H,3-10H2,1-2H3,(H,18,19,20,22).